The fourth-order valence-electron chi connectivity index (χ4n) is 8.82. The van der Waals surface area contributed by atoms with Gasteiger partial charge in [0.25, 0.3) is 6.29 Å². The van der Waals surface area contributed by atoms with Gasteiger partial charge in [-0.1, -0.05) is 272 Å². The number of carboxylic acid groups (broad SMARTS) is 1. The molecule has 444 valence electrons. The second kappa shape index (κ2) is 58.6. The van der Waals surface area contributed by atoms with E-state index >= 15 is 0 Å². The minimum atomic E-state index is -1.51. The normalized spacial score (nSPS) is 13.3. The molecule has 0 aliphatic rings. The van der Waals surface area contributed by atoms with E-state index < -0.39 is 24.3 Å². The maximum Gasteiger partial charge on any atom is 0.361 e. The Hall–Kier alpha value is -3.53. The van der Waals surface area contributed by atoms with Crippen molar-refractivity contribution in [3.8, 4) is 0 Å². The molecule has 0 amide bonds. The van der Waals surface area contributed by atoms with Crippen LogP contribution in [0.3, 0.4) is 0 Å². The molecule has 9 heteroatoms. The smallest absolute Gasteiger partial charge is 0.361 e. The largest absolute Gasteiger partial charge is 0.477 e. The summed E-state index contributed by atoms with van der Waals surface area (Å²) >= 11 is 0. The number of rotatable bonds is 58. The molecule has 0 saturated carbocycles. The molecule has 0 rings (SSSR count). The molecule has 0 bridgehead atoms. The standard InChI is InChI=1S/C68H119NO8/c1-6-8-10-12-14-16-18-20-22-24-25-26-27-28-29-30-31-32-33-34-35-36-37-38-39-40-41-43-45-47-49-51-53-55-57-59-66(71)77-64(63-76-68(67(72)73)74-61-60-69(3,4)5)62-75-65(70)58-56-54-52-50-48-46-44-42-23-21-19-17-15-13-11-9-7-2/h8,10,14,16,20,22,25-26,28-29,31-32,34-35,64,68H,6-7,9,11-13,15,17-19,21,23-24,27,30,33,36-63H2,1-5H3/p+1/b10-8-,16-14-,22-20-,26-25-,29-28-,32-31-,35-34-. The van der Waals surface area contributed by atoms with Crippen molar-refractivity contribution in [2.45, 2.75) is 283 Å². The Kier molecular flexibility index (Phi) is 55.9. The zero-order valence-electron chi connectivity index (χ0n) is 50.6. The van der Waals surface area contributed by atoms with Crippen LogP contribution in [0.4, 0.5) is 0 Å². The molecule has 77 heavy (non-hydrogen) atoms. The number of carboxylic acids is 1. The first-order valence-corrected chi connectivity index (χ1v) is 31.8. The molecule has 0 radical (unpaired) electrons. The maximum atomic E-state index is 12.9. The van der Waals surface area contributed by atoms with Gasteiger partial charge in [0.1, 0.15) is 13.2 Å². The molecular weight excluding hydrogens is 959 g/mol. The zero-order chi connectivity index (χ0) is 56.2. The van der Waals surface area contributed by atoms with Crippen molar-refractivity contribution in [3.63, 3.8) is 0 Å². The topological polar surface area (TPSA) is 108 Å². The van der Waals surface area contributed by atoms with E-state index in [1.807, 2.05) is 21.1 Å². The molecule has 2 atom stereocenters. The highest BCUT2D eigenvalue weighted by molar-refractivity contribution is 5.71. The number of allylic oxidation sites excluding steroid dienone is 14. The second-order valence-corrected chi connectivity index (χ2v) is 22.3. The van der Waals surface area contributed by atoms with Crippen LogP contribution in [0.15, 0.2) is 85.1 Å². The number of hydrogen-bond donors (Lipinski definition) is 1. The molecule has 2 unspecified atom stereocenters. The van der Waals surface area contributed by atoms with Gasteiger partial charge in [0, 0.05) is 12.8 Å². The minimum Gasteiger partial charge on any atom is -0.477 e. The molecule has 0 fully saturated rings. The average molecular weight is 1080 g/mol. The number of likely N-dealkylation sites (N-methyl/N-ethyl adjacent to an activating group) is 1. The lowest BCUT2D eigenvalue weighted by Crippen LogP contribution is -2.40. The number of esters is 2. The maximum absolute atomic E-state index is 12.9. The Labute approximate surface area is 474 Å². The summed E-state index contributed by atoms with van der Waals surface area (Å²) in [5.74, 6) is -2.00. The number of hydrogen-bond acceptors (Lipinski definition) is 7. The number of carbonyl (C=O) groups excluding carboxylic acids is 2. The van der Waals surface area contributed by atoms with E-state index in [9.17, 15) is 19.5 Å². The van der Waals surface area contributed by atoms with Gasteiger partial charge in [0.15, 0.2) is 6.10 Å². The Bertz CT molecular complexity index is 1540. The summed E-state index contributed by atoms with van der Waals surface area (Å²) < 4.78 is 22.9. The van der Waals surface area contributed by atoms with Crippen LogP contribution < -0.4 is 0 Å². The number of ether oxygens (including phenoxy) is 4. The SMILES string of the molecule is CC/C=C\C/C=C\C/C=C\C/C=C\C/C=C\C/C=C\C/C=C\CCCCCCCCCCCCCCCC(=O)OC(COC(=O)CCCCCCCCCCCCCCCCCCC)COC(OCC[N+](C)(C)C)C(=O)O. The Morgan fingerprint density at radius 3 is 1.10 bits per heavy atom. The number of nitrogens with zero attached hydrogens (tertiary/aromatic N) is 1. The number of aliphatic carboxylic acids is 1. The predicted octanol–water partition coefficient (Wildman–Crippen LogP) is 19.1. The van der Waals surface area contributed by atoms with Crippen molar-refractivity contribution in [1.82, 2.24) is 0 Å². The van der Waals surface area contributed by atoms with Crippen LogP contribution in [0.25, 0.3) is 0 Å². The molecule has 0 spiro atoms. The van der Waals surface area contributed by atoms with Gasteiger partial charge < -0.3 is 28.5 Å². The lowest BCUT2D eigenvalue weighted by molar-refractivity contribution is -0.870. The van der Waals surface area contributed by atoms with Crippen molar-refractivity contribution in [1.29, 1.82) is 0 Å². The third kappa shape index (κ3) is 60.0. The van der Waals surface area contributed by atoms with Crippen LogP contribution in [0, 0.1) is 0 Å². The third-order valence-corrected chi connectivity index (χ3v) is 13.7. The van der Waals surface area contributed by atoms with Gasteiger partial charge >= 0.3 is 17.9 Å². The first kappa shape index (κ1) is 73.5. The van der Waals surface area contributed by atoms with E-state index in [1.165, 1.54) is 161 Å². The highest BCUT2D eigenvalue weighted by Crippen LogP contribution is 2.17. The van der Waals surface area contributed by atoms with Crippen LogP contribution in [-0.2, 0) is 33.3 Å². The predicted molar refractivity (Wildman–Crippen MR) is 327 cm³/mol. The van der Waals surface area contributed by atoms with Gasteiger partial charge in [-0.25, -0.2) is 4.79 Å². The average Bonchev–Trinajstić information content (AvgIpc) is 3.40. The summed E-state index contributed by atoms with van der Waals surface area (Å²) in [4.78, 5) is 37.5. The summed E-state index contributed by atoms with van der Waals surface area (Å²) in [6, 6.07) is 0. The molecule has 0 aliphatic heterocycles. The summed E-state index contributed by atoms with van der Waals surface area (Å²) in [6.07, 6.45) is 75.3. The van der Waals surface area contributed by atoms with Crippen LogP contribution in [0.5, 0.6) is 0 Å². The molecular formula is C68H120NO8+. The molecule has 0 aromatic rings. The van der Waals surface area contributed by atoms with Crippen LogP contribution in [0.2, 0.25) is 0 Å². The lowest BCUT2D eigenvalue weighted by atomic mass is 10.0. The second-order valence-electron chi connectivity index (χ2n) is 22.3. The van der Waals surface area contributed by atoms with Crippen molar-refractivity contribution in [3.05, 3.63) is 85.1 Å². The van der Waals surface area contributed by atoms with E-state index in [0.29, 0.717) is 17.4 Å². The molecule has 9 nitrogen and oxygen atoms in total. The Morgan fingerprint density at radius 1 is 0.403 bits per heavy atom. The molecule has 1 N–H and O–H groups in total. The number of carbonyl (C=O) groups is 3. The van der Waals surface area contributed by atoms with E-state index in [4.69, 9.17) is 18.9 Å². The van der Waals surface area contributed by atoms with Gasteiger partial charge in [0.2, 0.25) is 0 Å². The summed E-state index contributed by atoms with van der Waals surface area (Å²) in [6.45, 7) is 4.79. The van der Waals surface area contributed by atoms with E-state index in [2.05, 4.69) is 98.9 Å². The van der Waals surface area contributed by atoms with Crippen LogP contribution in [0.1, 0.15) is 271 Å². The molecule has 0 aromatic heterocycles. The van der Waals surface area contributed by atoms with E-state index in [1.54, 1.807) is 0 Å². The van der Waals surface area contributed by atoms with Gasteiger partial charge in [-0.05, 0) is 70.6 Å². The lowest BCUT2D eigenvalue weighted by Gasteiger charge is -2.25. The minimum absolute atomic E-state index is 0.181. The van der Waals surface area contributed by atoms with E-state index in [0.717, 1.165) is 83.5 Å². The van der Waals surface area contributed by atoms with Gasteiger partial charge in [-0.3, -0.25) is 9.59 Å². The van der Waals surface area contributed by atoms with Crippen molar-refractivity contribution in [2.75, 3.05) is 47.5 Å². The highest BCUT2D eigenvalue weighted by atomic mass is 16.7. The number of quaternary nitrogens is 1. The summed E-state index contributed by atoms with van der Waals surface area (Å²) in [5, 5.41) is 9.72. The van der Waals surface area contributed by atoms with Gasteiger partial charge in [-0.2, -0.15) is 0 Å². The van der Waals surface area contributed by atoms with Gasteiger partial charge in [0.05, 0.1) is 34.4 Å². The van der Waals surface area contributed by atoms with Crippen LogP contribution in [-0.4, -0.2) is 87.4 Å². The first-order chi connectivity index (χ1) is 37.6. The van der Waals surface area contributed by atoms with Crippen LogP contribution >= 0.6 is 0 Å². The fourth-order valence-corrected chi connectivity index (χ4v) is 8.82. The summed E-state index contributed by atoms with van der Waals surface area (Å²) in [5.41, 5.74) is 0. The highest BCUT2D eigenvalue weighted by Gasteiger charge is 2.25. The quantitative estimate of drug-likeness (QED) is 0.0211. The summed E-state index contributed by atoms with van der Waals surface area (Å²) in [7, 11) is 5.97. The Balaban J connectivity index is 4.13. The Morgan fingerprint density at radius 2 is 0.740 bits per heavy atom. The molecule has 0 aliphatic carbocycles. The van der Waals surface area contributed by atoms with Crippen molar-refractivity contribution < 1.29 is 42.9 Å². The first-order valence-electron chi connectivity index (χ1n) is 31.8. The van der Waals surface area contributed by atoms with Crippen molar-refractivity contribution in [2.24, 2.45) is 0 Å². The van der Waals surface area contributed by atoms with E-state index in [-0.39, 0.29) is 32.2 Å². The number of unbranched alkanes of at least 4 members (excludes halogenated alkanes) is 29. The molecule has 0 aromatic carbocycles. The zero-order valence-corrected chi connectivity index (χ0v) is 50.6. The molecule has 0 heterocycles. The molecule has 0 saturated heterocycles. The fraction of sp³-hybridized carbons (Fsp3) is 0.750. The third-order valence-electron chi connectivity index (χ3n) is 13.7. The van der Waals surface area contributed by atoms with Gasteiger partial charge in [-0.15, -0.1) is 0 Å². The monoisotopic (exact) mass is 1080 g/mol. The van der Waals surface area contributed by atoms with Crippen molar-refractivity contribution >= 4 is 17.9 Å².